The second-order valence-electron chi connectivity index (χ2n) is 11.3. The normalized spacial score (nSPS) is 14.0. The van der Waals surface area contributed by atoms with Crippen molar-refractivity contribution in [1.82, 2.24) is 16.0 Å². The average Bonchev–Trinajstić information content (AvgIpc) is 2.79. The van der Waals surface area contributed by atoms with Crippen LogP contribution in [0, 0.1) is 0 Å². The number of hydrogen-bond acceptors (Lipinski definition) is 7. The van der Waals surface area contributed by atoms with E-state index >= 15 is 0 Å². The highest BCUT2D eigenvalue weighted by Gasteiger charge is 2.26. The van der Waals surface area contributed by atoms with Gasteiger partial charge in [0.15, 0.2) is 0 Å². The predicted octanol–water partition coefficient (Wildman–Crippen LogP) is 5.00. The van der Waals surface area contributed by atoms with Crippen LogP contribution in [0.1, 0.15) is 86.1 Å². The third kappa shape index (κ3) is 16.0. The molecule has 0 aromatic heterocycles. The fourth-order valence-corrected chi connectivity index (χ4v) is 3.71. The first kappa shape index (κ1) is 33.0. The number of ether oxygens (including phenoxy) is 3. The molecule has 0 radical (unpaired) electrons. The summed E-state index contributed by atoms with van der Waals surface area (Å²) in [5.41, 5.74) is 5.58. The van der Waals surface area contributed by atoms with Gasteiger partial charge in [0, 0.05) is 31.1 Å². The molecule has 0 heterocycles. The molecule has 216 valence electrons. The van der Waals surface area contributed by atoms with Crippen molar-refractivity contribution in [2.24, 2.45) is 5.73 Å². The van der Waals surface area contributed by atoms with Crippen molar-refractivity contribution in [2.75, 3.05) is 6.54 Å². The molecule has 0 saturated heterocycles. The van der Waals surface area contributed by atoms with E-state index in [2.05, 4.69) is 16.0 Å². The summed E-state index contributed by atoms with van der Waals surface area (Å²) in [4.78, 5) is 36.9. The molecule has 10 heteroatoms. The first-order valence-corrected chi connectivity index (χ1v) is 13.4. The van der Waals surface area contributed by atoms with E-state index in [0.29, 0.717) is 32.2 Å². The summed E-state index contributed by atoms with van der Waals surface area (Å²) in [6, 6.07) is 8.86. The van der Waals surface area contributed by atoms with Crippen molar-refractivity contribution >= 4 is 18.3 Å². The zero-order chi connectivity index (χ0) is 28.8. The summed E-state index contributed by atoms with van der Waals surface area (Å²) >= 11 is 0. The minimum Gasteiger partial charge on any atom is -0.445 e. The third-order valence-electron chi connectivity index (χ3n) is 5.66. The fourth-order valence-electron chi connectivity index (χ4n) is 3.71. The van der Waals surface area contributed by atoms with Crippen molar-refractivity contribution in [3.63, 3.8) is 0 Å². The topological polar surface area (TPSA) is 141 Å². The number of hydrogen-bond donors (Lipinski definition) is 4. The summed E-state index contributed by atoms with van der Waals surface area (Å²) in [5.74, 6) is 0. The van der Waals surface area contributed by atoms with Gasteiger partial charge in [-0.05, 0) is 72.8 Å². The van der Waals surface area contributed by atoms with Crippen LogP contribution in [0.4, 0.5) is 14.4 Å². The predicted molar refractivity (Wildman–Crippen MR) is 148 cm³/mol. The zero-order valence-electron chi connectivity index (χ0n) is 24.1. The zero-order valence-corrected chi connectivity index (χ0v) is 24.1. The molecule has 1 rings (SSSR count). The van der Waals surface area contributed by atoms with Crippen molar-refractivity contribution < 1.29 is 28.6 Å². The maximum absolute atomic E-state index is 12.4. The van der Waals surface area contributed by atoms with Gasteiger partial charge in [0.1, 0.15) is 17.8 Å². The Balaban J connectivity index is 2.56. The van der Waals surface area contributed by atoms with E-state index in [1.165, 1.54) is 0 Å². The first-order chi connectivity index (χ1) is 17.7. The van der Waals surface area contributed by atoms with Crippen LogP contribution in [0.2, 0.25) is 0 Å². The van der Waals surface area contributed by atoms with E-state index in [-0.39, 0.29) is 24.7 Å². The number of amides is 3. The largest absolute Gasteiger partial charge is 0.445 e. The van der Waals surface area contributed by atoms with Crippen LogP contribution in [0.15, 0.2) is 30.3 Å². The molecule has 0 fully saturated rings. The SMILES string of the molecule is CCC(N)CC(C)(C)OC(=O)NC(C)CCC(CCNC(=O)OCc1ccccc1)NC(=O)OC(C)(C)C. The number of nitrogens with two attached hydrogens (primary N) is 1. The molecule has 0 aliphatic carbocycles. The van der Waals surface area contributed by atoms with Crippen molar-refractivity contribution in [1.29, 1.82) is 0 Å². The molecule has 3 amide bonds. The van der Waals surface area contributed by atoms with Gasteiger partial charge in [-0.3, -0.25) is 0 Å². The lowest BCUT2D eigenvalue weighted by Gasteiger charge is -2.29. The lowest BCUT2D eigenvalue weighted by atomic mass is 9.98. The van der Waals surface area contributed by atoms with Crippen LogP contribution in [0.5, 0.6) is 0 Å². The number of alkyl carbamates (subject to hydrolysis) is 3. The van der Waals surface area contributed by atoms with Crippen LogP contribution < -0.4 is 21.7 Å². The molecule has 38 heavy (non-hydrogen) atoms. The molecule has 3 unspecified atom stereocenters. The minimum atomic E-state index is -0.680. The van der Waals surface area contributed by atoms with E-state index in [1.807, 2.05) is 58.0 Å². The van der Waals surface area contributed by atoms with Crippen LogP contribution in [-0.4, -0.2) is 54.2 Å². The van der Waals surface area contributed by atoms with E-state index in [0.717, 1.165) is 12.0 Å². The highest BCUT2D eigenvalue weighted by Crippen LogP contribution is 2.18. The van der Waals surface area contributed by atoms with Crippen LogP contribution in [0.25, 0.3) is 0 Å². The number of benzene rings is 1. The Labute approximate surface area is 227 Å². The van der Waals surface area contributed by atoms with Crippen LogP contribution >= 0.6 is 0 Å². The van der Waals surface area contributed by atoms with Crippen LogP contribution in [0.3, 0.4) is 0 Å². The molecule has 5 N–H and O–H groups in total. The minimum absolute atomic E-state index is 0.0425. The molecule has 0 aliphatic rings. The van der Waals surface area contributed by atoms with Gasteiger partial charge in [-0.1, -0.05) is 37.3 Å². The Kier molecular flexibility index (Phi) is 14.0. The van der Waals surface area contributed by atoms with Crippen LogP contribution in [-0.2, 0) is 20.8 Å². The van der Waals surface area contributed by atoms with E-state index < -0.39 is 29.5 Å². The van der Waals surface area contributed by atoms with E-state index in [9.17, 15) is 14.4 Å². The van der Waals surface area contributed by atoms with Crippen molar-refractivity contribution in [3.05, 3.63) is 35.9 Å². The molecule has 1 aromatic carbocycles. The summed E-state index contributed by atoms with van der Waals surface area (Å²) in [6.07, 6.45) is 1.36. The molecular weight excluding hydrogens is 488 g/mol. The molecule has 3 atom stereocenters. The lowest BCUT2D eigenvalue weighted by molar-refractivity contribution is 0.0258. The van der Waals surface area contributed by atoms with Gasteiger partial charge in [-0.25, -0.2) is 14.4 Å². The summed E-state index contributed by atoms with van der Waals surface area (Å²) in [6.45, 7) is 13.4. The second kappa shape index (κ2) is 16.1. The number of carbonyl (C=O) groups is 3. The second-order valence-corrected chi connectivity index (χ2v) is 11.3. The van der Waals surface area contributed by atoms with Crippen molar-refractivity contribution in [3.8, 4) is 0 Å². The Morgan fingerprint density at radius 2 is 1.53 bits per heavy atom. The molecule has 1 aromatic rings. The fraction of sp³-hybridized carbons (Fsp3) is 0.679. The molecule has 0 saturated carbocycles. The molecule has 0 aliphatic heterocycles. The highest BCUT2D eigenvalue weighted by atomic mass is 16.6. The van der Waals surface area contributed by atoms with Gasteiger partial charge in [0.2, 0.25) is 0 Å². The molecule has 0 bridgehead atoms. The molecule has 10 nitrogen and oxygen atoms in total. The van der Waals surface area contributed by atoms with E-state index in [1.54, 1.807) is 20.8 Å². The maximum Gasteiger partial charge on any atom is 0.407 e. The highest BCUT2D eigenvalue weighted by molar-refractivity contribution is 5.69. The number of carbonyl (C=O) groups excluding carboxylic acids is 3. The quantitative estimate of drug-likeness (QED) is 0.245. The van der Waals surface area contributed by atoms with E-state index in [4.69, 9.17) is 19.9 Å². The maximum atomic E-state index is 12.4. The van der Waals surface area contributed by atoms with Gasteiger partial charge in [-0.15, -0.1) is 0 Å². The third-order valence-corrected chi connectivity index (χ3v) is 5.66. The van der Waals surface area contributed by atoms with Gasteiger partial charge in [0.25, 0.3) is 0 Å². The number of nitrogens with one attached hydrogen (secondary N) is 3. The monoisotopic (exact) mass is 536 g/mol. The molecular formula is C28H48N4O6. The first-order valence-electron chi connectivity index (χ1n) is 13.4. The average molecular weight is 537 g/mol. The molecule has 0 spiro atoms. The Bertz CT molecular complexity index is 857. The smallest absolute Gasteiger partial charge is 0.407 e. The summed E-state index contributed by atoms with van der Waals surface area (Å²) in [7, 11) is 0. The van der Waals surface area contributed by atoms with Gasteiger partial charge in [-0.2, -0.15) is 0 Å². The number of rotatable bonds is 14. The summed E-state index contributed by atoms with van der Waals surface area (Å²) in [5, 5.41) is 8.43. The van der Waals surface area contributed by atoms with Gasteiger partial charge < -0.3 is 35.9 Å². The Morgan fingerprint density at radius 1 is 0.895 bits per heavy atom. The Hall–Kier alpha value is -3.01. The van der Waals surface area contributed by atoms with Gasteiger partial charge >= 0.3 is 18.3 Å². The van der Waals surface area contributed by atoms with Gasteiger partial charge in [0.05, 0.1) is 0 Å². The summed E-state index contributed by atoms with van der Waals surface area (Å²) < 4.78 is 16.2. The standard InChI is InChI=1S/C28H48N4O6/c1-8-22(29)18-28(6,7)38-25(34)31-20(2)14-15-23(32-26(35)37-27(3,4)5)16-17-30-24(33)36-19-21-12-10-9-11-13-21/h9-13,20,22-23H,8,14-19,29H2,1-7H3,(H,30,33)(H,31,34)(H,32,35). The Morgan fingerprint density at radius 3 is 2.13 bits per heavy atom. The lowest BCUT2D eigenvalue weighted by Crippen LogP contribution is -2.43. The van der Waals surface area contributed by atoms with Crippen molar-refractivity contribution in [2.45, 2.75) is 117 Å².